The molecule has 2 unspecified atom stereocenters. The van der Waals surface area contributed by atoms with Crippen LogP contribution in [0.25, 0.3) is 0 Å². The molecule has 0 radical (unpaired) electrons. The van der Waals surface area contributed by atoms with Crippen molar-refractivity contribution in [1.82, 2.24) is 10.6 Å². The van der Waals surface area contributed by atoms with E-state index in [0.717, 1.165) is 0 Å². The molecule has 0 aromatic rings. The third kappa shape index (κ3) is 9.22. The van der Waals surface area contributed by atoms with Gasteiger partial charge < -0.3 is 99.1 Å². The van der Waals surface area contributed by atoms with Crippen LogP contribution in [0, 0.1) is 0 Å². The molecule has 0 aromatic heterocycles. The molecule has 45 heavy (non-hydrogen) atoms. The third-order valence-electron chi connectivity index (χ3n) is 8.37. The number of aliphatic hydroxyl groups excluding tert-OH is 8. The lowest BCUT2D eigenvalue weighted by Crippen LogP contribution is -2.70. The molecular weight excluding hydrogens is 606 g/mol. The van der Waals surface area contributed by atoms with Gasteiger partial charge in [0.1, 0.15) is 61.0 Å². The van der Waals surface area contributed by atoms with Crippen molar-refractivity contribution in [3.8, 4) is 0 Å². The van der Waals surface area contributed by atoms with E-state index in [1.807, 2.05) is 0 Å². The van der Waals surface area contributed by atoms with Gasteiger partial charge in [-0.1, -0.05) is 0 Å². The van der Waals surface area contributed by atoms with Gasteiger partial charge in [0.25, 0.3) is 0 Å². The first-order chi connectivity index (χ1) is 21.2. The van der Waals surface area contributed by atoms with E-state index < -0.39 is 123 Å². The summed E-state index contributed by atoms with van der Waals surface area (Å²) in [6.07, 6.45) is -18.0. The Morgan fingerprint density at radius 3 is 2.11 bits per heavy atom. The van der Waals surface area contributed by atoms with Crippen LogP contribution in [0.4, 0.5) is 0 Å². The summed E-state index contributed by atoms with van der Waals surface area (Å²) in [5, 5.41) is 88.4. The molecule has 20 heteroatoms. The zero-order valence-electron chi connectivity index (χ0n) is 24.8. The maximum atomic E-state index is 12.5. The average molecular weight is 658 g/mol. The van der Waals surface area contributed by atoms with Crippen LogP contribution in [0.1, 0.15) is 12.8 Å². The number of amides is 1. The summed E-state index contributed by atoms with van der Waals surface area (Å²) in [7, 11) is 0. The first kappa shape index (κ1) is 38.2. The zero-order valence-corrected chi connectivity index (χ0v) is 24.8. The highest BCUT2D eigenvalue weighted by atomic mass is 16.7. The van der Waals surface area contributed by atoms with E-state index in [4.69, 9.17) is 47.6 Å². The lowest BCUT2D eigenvalue weighted by Gasteiger charge is -2.49. The van der Waals surface area contributed by atoms with Gasteiger partial charge in [-0.3, -0.25) is 4.79 Å². The second kappa shape index (κ2) is 17.2. The van der Waals surface area contributed by atoms with Crippen LogP contribution in [0.15, 0.2) is 0 Å². The van der Waals surface area contributed by atoms with E-state index in [0.29, 0.717) is 6.42 Å². The molecule has 3 fully saturated rings. The Morgan fingerprint density at radius 2 is 1.49 bits per heavy atom. The Bertz CT molecular complexity index is 915. The van der Waals surface area contributed by atoms with Gasteiger partial charge in [0, 0.05) is 25.7 Å². The molecule has 1 aliphatic carbocycles. The summed E-state index contributed by atoms with van der Waals surface area (Å²) in [5.41, 5.74) is 29.2. The largest absolute Gasteiger partial charge is 0.394 e. The van der Waals surface area contributed by atoms with Crippen molar-refractivity contribution in [1.29, 1.82) is 0 Å². The molecule has 20 nitrogen and oxygen atoms in total. The number of ether oxygens (including phenoxy) is 4. The van der Waals surface area contributed by atoms with Crippen LogP contribution in [0.5, 0.6) is 0 Å². The molecule has 0 spiro atoms. The van der Waals surface area contributed by atoms with E-state index in [-0.39, 0.29) is 26.1 Å². The molecule has 0 bridgehead atoms. The lowest BCUT2D eigenvalue weighted by molar-refractivity contribution is -0.320. The van der Waals surface area contributed by atoms with Gasteiger partial charge in [0.05, 0.1) is 30.8 Å². The van der Waals surface area contributed by atoms with E-state index in [2.05, 4.69) is 10.6 Å². The zero-order chi connectivity index (χ0) is 33.6. The summed E-state index contributed by atoms with van der Waals surface area (Å²) >= 11 is 0. The van der Waals surface area contributed by atoms with Gasteiger partial charge >= 0.3 is 0 Å². The molecule has 17 atom stereocenters. The Morgan fingerprint density at radius 1 is 0.844 bits per heavy atom. The highest BCUT2D eigenvalue weighted by molar-refractivity contribution is 5.81. The first-order valence-corrected chi connectivity index (χ1v) is 14.9. The molecule has 2 saturated heterocycles. The highest BCUT2D eigenvalue weighted by Gasteiger charge is 2.52. The summed E-state index contributed by atoms with van der Waals surface area (Å²) in [6, 6.07) is -4.76. The standard InChI is InChI=1S/C25H51N7O13/c26-2-1-8(34)5-31-6-12-17(37)18(38)15(30)24(42-12)44-21-9(28)3-10(32-23(41)11(35)4-27)22(20(21)40)45-25-19(39)14(29)16(36)13(7-33)43-25/h8-22,24-25,31,33-40H,1-7,26-30H2,(H,32,41)/t8?,9-,10+,11-,12+,13+,14-,15+,16+,17+,18+,19+,20-,21?,22-,24+,25+/m0/s1. The van der Waals surface area contributed by atoms with Crippen molar-refractivity contribution in [2.45, 2.75) is 117 Å². The molecule has 264 valence electrons. The normalized spacial score (nSPS) is 43.9. The second-order valence-corrected chi connectivity index (χ2v) is 11.7. The highest BCUT2D eigenvalue weighted by Crippen LogP contribution is 2.31. The van der Waals surface area contributed by atoms with Crippen LogP contribution in [-0.2, 0) is 23.7 Å². The number of hydrogen-bond donors (Lipinski definition) is 15. The van der Waals surface area contributed by atoms with Crippen molar-refractivity contribution in [3.05, 3.63) is 0 Å². The van der Waals surface area contributed by atoms with Crippen LogP contribution >= 0.6 is 0 Å². The fourth-order valence-corrected chi connectivity index (χ4v) is 5.59. The Hall–Kier alpha value is -1.25. The topological polar surface area (TPSA) is 370 Å². The molecule has 1 saturated carbocycles. The minimum atomic E-state index is -1.71. The van der Waals surface area contributed by atoms with E-state index in [1.54, 1.807) is 0 Å². The summed E-state index contributed by atoms with van der Waals surface area (Å²) < 4.78 is 23.2. The molecule has 2 heterocycles. The van der Waals surface area contributed by atoms with Gasteiger partial charge in [-0.25, -0.2) is 0 Å². The molecule has 20 N–H and O–H groups in total. The van der Waals surface area contributed by atoms with Gasteiger partial charge in [0.15, 0.2) is 12.6 Å². The van der Waals surface area contributed by atoms with Crippen molar-refractivity contribution in [2.24, 2.45) is 28.7 Å². The number of carbonyl (C=O) groups excluding carboxylic acids is 1. The maximum absolute atomic E-state index is 12.5. The minimum Gasteiger partial charge on any atom is -0.394 e. The molecule has 3 aliphatic rings. The van der Waals surface area contributed by atoms with Gasteiger partial charge in [-0.2, -0.15) is 0 Å². The van der Waals surface area contributed by atoms with Crippen molar-refractivity contribution < 1.29 is 64.6 Å². The summed E-state index contributed by atoms with van der Waals surface area (Å²) in [6.45, 7) is -0.718. The van der Waals surface area contributed by atoms with Crippen LogP contribution in [0.2, 0.25) is 0 Å². The lowest BCUT2D eigenvalue weighted by atomic mass is 9.83. The summed E-state index contributed by atoms with van der Waals surface area (Å²) in [5.74, 6) is -0.901. The Kier molecular flexibility index (Phi) is 14.6. The fraction of sp³-hybridized carbons (Fsp3) is 0.960. The van der Waals surface area contributed by atoms with Gasteiger partial charge in [-0.05, 0) is 19.4 Å². The fourth-order valence-electron chi connectivity index (χ4n) is 5.59. The van der Waals surface area contributed by atoms with Crippen molar-refractivity contribution in [2.75, 3.05) is 32.8 Å². The monoisotopic (exact) mass is 657 g/mol. The minimum absolute atomic E-state index is 0.0237. The van der Waals surface area contributed by atoms with Gasteiger partial charge in [0.2, 0.25) is 5.91 Å². The number of hydrogen-bond acceptors (Lipinski definition) is 19. The Balaban J connectivity index is 1.80. The van der Waals surface area contributed by atoms with E-state index >= 15 is 0 Å². The van der Waals surface area contributed by atoms with Crippen molar-refractivity contribution >= 4 is 5.91 Å². The van der Waals surface area contributed by atoms with Crippen LogP contribution in [-0.4, -0.2) is 183 Å². The first-order valence-electron chi connectivity index (χ1n) is 14.9. The molecule has 0 aromatic carbocycles. The quantitative estimate of drug-likeness (QED) is 0.0824. The smallest absolute Gasteiger partial charge is 0.250 e. The van der Waals surface area contributed by atoms with E-state index in [1.165, 1.54) is 0 Å². The summed E-state index contributed by atoms with van der Waals surface area (Å²) in [4.78, 5) is 12.5. The maximum Gasteiger partial charge on any atom is 0.250 e. The number of nitrogens with two attached hydrogens (primary N) is 5. The second-order valence-electron chi connectivity index (χ2n) is 11.7. The Labute approximate surface area is 259 Å². The number of nitrogens with one attached hydrogen (secondary N) is 2. The predicted molar refractivity (Wildman–Crippen MR) is 152 cm³/mol. The molecular formula is C25H51N7O13. The predicted octanol–water partition coefficient (Wildman–Crippen LogP) is -9.51. The molecule has 3 rings (SSSR count). The SMILES string of the molecule is NCCC(O)CNC[C@H]1O[C@H](OC2[C@@H](N)C[C@@H](NC(=O)[C@@H](O)CN)[C@H](O[C@H]3O[C@H](CO)[C@@H](O)[C@H](N)[C@H]3O)[C@H]2O)[C@H](N)[C@@H](O)[C@@H]1O. The number of carbonyl (C=O) groups is 1. The third-order valence-corrected chi connectivity index (χ3v) is 8.37. The van der Waals surface area contributed by atoms with Crippen LogP contribution < -0.4 is 39.3 Å². The number of aliphatic hydroxyl groups is 8. The van der Waals surface area contributed by atoms with E-state index in [9.17, 15) is 45.6 Å². The number of rotatable bonds is 14. The molecule has 1 amide bonds. The van der Waals surface area contributed by atoms with Gasteiger partial charge in [-0.15, -0.1) is 0 Å². The van der Waals surface area contributed by atoms with Crippen LogP contribution in [0.3, 0.4) is 0 Å². The van der Waals surface area contributed by atoms with Crippen molar-refractivity contribution in [3.63, 3.8) is 0 Å². The average Bonchev–Trinajstić information content (AvgIpc) is 3.01. The molecule has 2 aliphatic heterocycles.